The molecule has 72 valence electrons. The Morgan fingerprint density at radius 2 is 2.00 bits per heavy atom. The van der Waals surface area contributed by atoms with Crippen LogP contribution in [-0.4, -0.2) is 18.3 Å². The van der Waals surface area contributed by atoms with Gasteiger partial charge in [-0.3, -0.25) is 0 Å². The van der Waals surface area contributed by atoms with Gasteiger partial charge in [-0.05, 0) is 24.6 Å². The van der Waals surface area contributed by atoms with Crippen LogP contribution in [0.15, 0.2) is 24.3 Å². The quantitative estimate of drug-likeness (QED) is 0.772. The summed E-state index contributed by atoms with van der Waals surface area (Å²) in [5.74, 6) is 0.986. The molecule has 0 aliphatic carbocycles. The number of aliphatic hydroxyl groups is 1. The summed E-state index contributed by atoms with van der Waals surface area (Å²) in [5, 5.41) is 9.40. The van der Waals surface area contributed by atoms with Crippen LogP contribution in [0, 0.1) is 0 Å². The molecule has 1 rings (SSSR count). The summed E-state index contributed by atoms with van der Waals surface area (Å²) < 4.78 is 5.10. The standard InChI is InChI=1S/C11H16O2/c1-8(9(2)12)10-5-4-6-11(7-10)13-3/h4-9,12H,1-3H3/t8-,9-/m1/s1. The van der Waals surface area contributed by atoms with Crippen LogP contribution in [0.3, 0.4) is 0 Å². The smallest absolute Gasteiger partial charge is 0.119 e. The van der Waals surface area contributed by atoms with Crippen molar-refractivity contribution in [2.24, 2.45) is 0 Å². The molecule has 0 spiro atoms. The van der Waals surface area contributed by atoms with Crippen LogP contribution in [0.25, 0.3) is 0 Å². The Balaban J connectivity index is 2.88. The third kappa shape index (κ3) is 2.46. The first-order valence-corrected chi connectivity index (χ1v) is 4.47. The molecular formula is C11H16O2. The number of hydrogen-bond acceptors (Lipinski definition) is 2. The maximum atomic E-state index is 9.40. The summed E-state index contributed by atoms with van der Waals surface area (Å²) in [7, 11) is 1.64. The van der Waals surface area contributed by atoms with Crippen molar-refractivity contribution in [1.82, 2.24) is 0 Å². The second-order valence-electron chi connectivity index (χ2n) is 3.31. The van der Waals surface area contributed by atoms with E-state index in [1.165, 1.54) is 0 Å². The first kappa shape index (κ1) is 10.1. The van der Waals surface area contributed by atoms with Crippen LogP contribution in [0.1, 0.15) is 25.3 Å². The lowest BCUT2D eigenvalue weighted by Gasteiger charge is -2.15. The van der Waals surface area contributed by atoms with Gasteiger partial charge in [0.2, 0.25) is 0 Å². The van der Waals surface area contributed by atoms with Gasteiger partial charge in [-0.2, -0.15) is 0 Å². The zero-order valence-corrected chi connectivity index (χ0v) is 8.32. The minimum Gasteiger partial charge on any atom is -0.497 e. The molecule has 0 saturated carbocycles. The van der Waals surface area contributed by atoms with Crippen LogP contribution in [0.5, 0.6) is 5.75 Å². The van der Waals surface area contributed by atoms with E-state index in [1.54, 1.807) is 14.0 Å². The van der Waals surface area contributed by atoms with Gasteiger partial charge in [0, 0.05) is 5.92 Å². The SMILES string of the molecule is COc1cccc([C@H](C)[C@@H](C)O)c1. The molecule has 0 heterocycles. The van der Waals surface area contributed by atoms with Crippen molar-refractivity contribution in [2.75, 3.05) is 7.11 Å². The van der Waals surface area contributed by atoms with E-state index in [1.807, 2.05) is 31.2 Å². The van der Waals surface area contributed by atoms with Crippen LogP contribution in [-0.2, 0) is 0 Å². The van der Waals surface area contributed by atoms with Crippen molar-refractivity contribution >= 4 is 0 Å². The summed E-state index contributed by atoms with van der Waals surface area (Å²) in [6, 6.07) is 7.79. The fourth-order valence-corrected chi connectivity index (χ4v) is 1.20. The average Bonchev–Trinajstić information content (AvgIpc) is 2.16. The number of hydrogen-bond donors (Lipinski definition) is 1. The van der Waals surface area contributed by atoms with Gasteiger partial charge >= 0.3 is 0 Å². The zero-order valence-electron chi connectivity index (χ0n) is 8.32. The van der Waals surface area contributed by atoms with Crippen molar-refractivity contribution in [1.29, 1.82) is 0 Å². The molecule has 2 heteroatoms. The highest BCUT2D eigenvalue weighted by molar-refractivity contribution is 5.30. The summed E-state index contributed by atoms with van der Waals surface area (Å²) in [6.45, 7) is 3.80. The molecule has 0 amide bonds. The van der Waals surface area contributed by atoms with E-state index in [0.29, 0.717) is 0 Å². The van der Waals surface area contributed by atoms with Gasteiger partial charge < -0.3 is 9.84 Å². The van der Waals surface area contributed by atoms with Crippen molar-refractivity contribution in [3.05, 3.63) is 29.8 Å². The monoisotopic (exact) mass is 180 g/mol. The number of methoxy groups -OCH3 is 1. The number of benzene rings is 1. The van der Waals surface area contributed by atoms with Crippen molar-refractivity contribution in [2.45, 2.75) is 25.9 Å². The Hall–Kier alpha value is -1.02. The molecular weight excluding hydrogens is 164 g/mol. The lowest BCUT2D eigenvalue weighted by Crippen LogP contribution is -2.10. The van der Waals surface area contributed by atoms with E-state index in [2.05, 4.69) is 0 Å². The Kier molecular flexibility index (Phi) is 3.32. The summed E-state index contributed by atoms with van der Waals surface area (Å²) >= 11 is 0. The first-order valence-electron chi connectivity index (χ1n) is 4.47. The van der Waals surface area contributed by atoms with Crippen LogP contribution in [0.2, 0.25) is 0 Å². The Morgan fingerprint density at radius 3 is 2.54 bits per heavy atom. The maximum absolute atomic E-state index is 9.40. The van der Waals surface area contributed by atoms with Gasteiger partial charge in [-0.25, -0.2) is 0 Å². The second kappa shape index (κ2) is 4.28. The molecule has 1 aromatic rings. The molecule has 0 bridgehead atoms. The van der Waals surface area contributed by atoms with E-state index >= 15 is 0 Å². The maximum Gasteiger partial charge on any atom is 0.119 e. The summed E-state index contributed by atoms with van der Waals surface area (Å²) in [5.41, 5.74) is 1.11. The molecule has 0 fully saturated rings. The van der Waals surface area contributed by atoms with Gasteiger partial charge in [0.1, 0.15) is 5.75 Å². The van der Waals surface area contributed by atoms with Crippen LogP contribution >= 0.6 is 0 Å². The minimum absolute atomic E-state index is 0.148. The molecule has 0 unspecified atom stereocenters. The Bertz CT molecular complexity index is 269. The highest BCUT2D eigenvalue weighted by atomic mass is 16.5. The lowest BCUT2D eigenvalue weighted by atomic mass is 9.96. The second-order valence-corrected chi connectivity index (χ2v) is 3.31. The predicted octanol–water partition coefficient (Wildman–Crippen LogP) is 2.18. The predicted molar refractivity (Wildman–Crippen MR) is 53.1 cm³/mol. The molecule has 2 atom stereocenters. The Labute approximate surface area is 79.2 Å². The lowest BCUT2D eigenvalue weighted by molar-refractivity contribution is 0.169. The molecule has 0 aliphatic heterocycles. The average molecular weight is 180 g/mol. The van der Waals surface area contributed by atoms with Crippen LogP contribution < -0.4 is 4.74 Å². The zero-order chi connectivity index (χ0) is 9.84. The summed E-state index contributed by atoms with van der Waals surface area (Å²) in [4.78, 5) is 0. The number of aliphatic hydroxyl groups excluding tert-OH is 1. The molecule has 0 radical (unpaired) electrons. The van der Waals surface area contributed by atoms with Gasteiger partial charge in [-0.15, -0.1) is 0 Å². The summed E-state index contributed by atoms with van der Waals surface area (Å²) in [6.07, 6.45) is -0.327. The molecule has 1 N–H and O–H groups in total. The number of ether oxygens (including phenoxy) is 1. The van der Waals surface area contributed by atoms with Gasteiger partial charge in [-0.1, -0.05) is 19.1 Å². The fourth-order valence-electron chi connectivity index (χ4n) is 1.20. The highest BCUT2D eigenvalue weighted by Crippen LogP contribution is 2.22. The normalized spacial score (nSPS) is 15.1. The van der Waals surface area contributed by atoms with Gasteiger partial charge in [0.15, 0.2) is 0 Å². The van der Waals surface area contributed by atoms with Gasteiger partial charge in [0.05, 0.1) is 13.2 Å². The van der Waals surface area contributed by atoms with E-state index in [-0.39, 0.29) is 12.0 Å². The topological polar surface area (TPSA) is 29.5 Å². The molecule has 0 aliphatic rings. The van der Waals surface area contributed by atoms with Crippen molar-refractivity contribution < 1.29 is 9.84 Å². The van der Waals surface area contributed by atoms with Crippen molar-refractivity contribution in [3.63, 3.8) is 0 Å². The Morgan fingerprint density at radius 1 is 1.31 bits per heavy atom. The molecule has 0 saturated heterocycles. The van der Waals surface area contributed by atoms with E-state index in [0.717, 1.165) is 11.3 Å². The molecule has 13 heavy (non-hydrogen) atoms. The minimum atomic E-state index is -0.327. The molecule has 2 nitrogen and oxygen atoms in total. The highest BCUT2D eigenvalue weighted by Gasteiger charge is 2.11. The molecule has 0 aromatic heterocycles. The first-order chi connectivity index (χ1) is 6.15. The third-order valence-electron chi connectivity index (χ3n) is 2.34. The third-order valence-corrected chi connectivity index (χ3v) is 2.34. The van der Waals surface area contributed by atoms with E-state index < -0.39 is 0 Å². The number of rotatable bonds is 3. The van der Waals surface area contributed by atoms with Crippen molar-refractivity contribution in [3.8, 4) is 5.75 Å². The fraction of sp³-hybridized carbons (Fsp3) is 0.455. The molecule has 1 aromatic carbocycles. The van der Waals surface area contributed by atoms with Gasteiger partial charge in [0.25, 0.3) is 0 Å². The van der Waals surface area contributed by atoms with Crippen LogP contribution in [0.4, 0.5) is 0 Å². The van der Waals surface area contributed by atoms with E-state index in [9.17, 15) is 5.11 Å². The largest absolute Gasteiger partial charge is 0.497 e. The van der Waals surface area contributed by atoms with E-state index in [4.69, 9.17) is 4.74 Å².